The van der Waals surface area contributed by atoms with Crippen molar-refractivity contribution in [3.63, 3.8) is 0 Å². The molecule has 2 aliphatic rings. The summed E-state index contributed by atoms with van der Waals surface area (Å²) in [5.41, 5.74) is 2.78. The third-order valence-corrected chi connectivity index (χ3v) is 10.4. The standard InChI is InChI=1S/C30H34N4O4S3/c1-2-3-4-5-9-15-33-29(35)27(40-30(33)39)21-24-22-34(25-12-7-6-8-13-25)31-28(24)23-11-10-14-26(20-23)41(36,37)32-16-18-38-19-17-32/h6-8,10-14,20-22H,2-5,9,15-19H2,1H3/b27-21+. The van der Waals surface area contributed by atoms with E-state index in [2.05, 4.69) is 6.92 Å². The summed E-state index contributed by atoms with van der Waals surface area (Å²) in [6, 6.07) is 16.5. The number of benzene rings is 2. The highest BCUT2D eigenvalue weighted by molar-refractivity contribution is 8.26. The molecule has 0 radical (unpaired) electrons. The van der Waals surface area contributed by atoms with Crippen LogP contribution >= 0.6 is 24.0 Å². The molecule has 8 nitrogen and oxygen atoms in total. The van der Waals surface area contributed by atoms with Crippen LogP contribution in [-0.2, 0) is 19.6 Å². The molecule has 0 aliphatic carbocycles. The van der Waals surface area contributed by atoms with Crippen molar-refractivity contribution in [1.82, 2.24) is 19.0 Å². The number of amides is 1. The summed E-state index contributed by atoms with van der Waals surface area (Å²) < 4.78 is 35.9. The van der Waals surface area contributed by atoms with Crippen molar-refractivity contribution < 1.29 is 17.9 Å². The molecule has 1 amide bonds. The number of carbonyl (C=O) groups excluding carboxylic acids is 1. The third-order valence-electron chi connectivity index (χ3n) is 7.12. The van der Waals surface area contributed by atoms with Crippen LogP contribution in [0.2, 0.25) is 0 Å². The van der Waals surface area contributed by atoms with Crippen LogP contribution in [0.3, 0.4) is 0 Å². The summed E-state index contributed by atoms with van der Waals surface area (Å²) in [5, 5.41) is 4.85. The number of sulfonamides is 1. The van der Waals surface area contributed by atoms with E-state index in [9.17, 15) is 13.2 Å². The van der Waals surface area contributed by atoms with E-state index in [4.69, 9.17) is 22.1 Å². The van der Waals surface area contributed by atoms with Gasteiger partial charge in [-0.05, 0) is 36.8 Å². The molecule has 0 N–H and O–H groups in total. The minimum atomic E-state index is -3.69. The van der Waals surface area contributed by atoms with Crippen LogP contribution in [0.15, 0.2) is 70.6 Å². The maximum atomic E-state index is 13.4. The minimum Gasteiger partial charge on any atom is -0.379 e. The number of rotatable bonds is 11. The van der Waals surface area contributed by atoms with Crippen molar-refractivity contribution >= 4 is 50.3 Å². The predicted molar refractivity (Wildman–Crippen MR) is 167 cm³/mol. The van der Waals surface area contributed by atoms with Gasteiger partial charge >= 0.3 is 0 Å². The van der Waals surface area contributed by atoms with E-state index >= 15 is 0 Å². The summed E-state index contributed by atoms with van der Waals surface area (Å²) in [5.74, 6) is -0.0995. The topological polar surface area (TPSA) is 84.7 Å². The molecule has 11 heteroatoms. The van der Waals surface area contributed by atoms with E-state index in [1.807, 2.05) is 48.7 Å². The molecule has 2 saturated heterocycles. The Morgan fingerprint density at radius 1 is 1.02 bits per heavy atom. The molecule has 3 aromatic rings. The van der Waals surface area contributed by atoms with Crippen molar-refractivity contribution in [1.29, 1.82) is 0 Å². The fourth-order valence-electron chi connectivity index (χ4n) is 4.88. The van der Waals surface area contributed by atoms with Gasteiger partial charge in [0.15, 0.2) is 0 Å². The normalized spacial score (nSPS) is 17.6. The van der Waals surface area contributed by atoms with E-state index in [0.29, 0.717) is 58.9 Å². The number of para-hydroxylation sites is 1. The zero-order valence-electron chi connectivity index (χ0n) is 23.1. The first-order valence-electron chi connectivity index (χ1n) is 14.0. The number of hydrogen-bond donors (Lipinski definition) is 0. The molecule has 0 saturated carbocycles. The second-order valence-electron chi connectivity index (χ2n) is 10.0. The number of ether oxygens (including phenoxy) is 1. The van der Waals surface area contributed by atoms with Crippen molar-refractivity contribution in [2.45, 2.75) is 43.9 Å². The highest BCUT2D eigenvalue weighted by Crippen LogP contribution is 2.35. The summed E-state index contributed by atoms with van der Waals surface area (Å²) in [7, 11) is -3.69. The van der Waals surface area contributed by atoms with Crippen molar-refractivity contribution in [3.05, 3.63) is 71.3 Å². The second-order valence-corrected chi connectivity index (χ2v) is 13.6. The van der Waals surface area contributed by atoms with Crippen LogP contribution in [0, 0.1) is 0 Å². The van der Waals surface area contributed by atoms with E-state index < -0.39 is 10.0 Å². The van der Waals surface area contributed by atoms with Gasteiger partial charge in [0.1, 0.15) is 10.0 Å². The lowest BCUT2D eigenvalue weighted by atomic mass is 10.1. The number of aromatic nitrogens is 2. The molecule has 0 bridgehead atoms. The summed E-state index contributed by atoms with van der Waals surface area (Å²) in [6.07, 6.45) is 9.20. The zero-order chi connectivity index (χ0) is 28.8. The van der Waals surface area contributed by atoms with Crippen LogP contribution in [0.1, 0.15) is 44.6 Å². The summed E-state index contributed by atoms with van der Waals surface area (Å²) in [6.45, 7) is 4.19. The maximum Gasteiger partial charge on any atom is 0.266 e. The van der Waals surface area contributed by atoms with Gasteiger partial charge < -0.3 is 4.74 Å². The molecular formula is C30H34N4O4S3. The van der Waals surface area contributed by atoms with Crippen LogP contribution in [-0.4, -0.2) is 70.5 Å². The Morgan fingerprint density at radius 2 is 1.78 bits per heavy atom. The maximum absolute atomic E-state index is 13.4. The number of nitrogens with zero attached hydrogens (tertiary/aromatic N) is 4. The van der Waals surface area contributed by atoms with Gasteiger partial charge in [-0.15, -0.1) is 0 Å². The molecule has 2 fully saturated rings. The number of carbonyl (C=O) groups is 1. The fraction of sp³-hybridized carbons (Fsp3) is 0.367. The van der Waals surface area contributed by atoms with Crippen molar-refractivity contribution in [2.75, 3.05) is 32.8 Å². The smallest absolute Gasteiger partial charge is 0.266 e. The third kappa shape index (κ3) is 6.81. The molecule has 3 heterocycles. The lowest BCUT2D eigenvalue weighted by molar-refractivity contribution is -0.122. The van der Waals surface area contributed by atoms with Crippen LogP contribution < -0.4 is 0 Å². The number of unbranched alkanes of at least 4 members (excludes halogenated alkanes) is 4. The number of thioether (sulfide) groups is 1. The quantitative estimate of drug-likeness (QED) is 0.156. The molecule has 216 valence electrons. The Kier molecular flexibility index (Phi) is 9.72. The molecule has 0 unspecified atom stereocenters. The molecule has 1 aromatic heterocycles. The highest BCUT2D eigenvalue weighted by atomic mass is 32.2. The zero-order valence-corrected chi connectivity index (χ0v) is 25.5. The first-order valence-corrected chi connectivity index (χ1v) is 16.6. The molecule has 2 aliphatic heterocycles. The first kappa shape index (κ1) is 29.7. The van der Waals surface area contributed by atoms with E-state index in [1.165, 1.54) is 28.9 Å². The van der Waals surface area contributed by atoms with Crippen molar-refractivity contribution in [2.24, 2.45) is 0 Å². The SMILES string of the molecule is CCCCCCCN1C(=O)/C(=C\c2cn(-c3ccccc3)nc2-c2cccc(S(=O)(=O)N3CCOCC3)c2)SC1=S. The van der Waals surface area contributed by atoms with Gasteiger partial charge in [0, 0.05) is 37.0 Å². The monoisotopic (exact) mass is 610 g/mol. The average Bonchev–Trinajstić information content (AvgIpc) is 3.54. The predicted octanol–water partition coefficient (Wildman–Crippen LogP) is 5.73. The minimum absolute atomic E-state index is 0.0995. The fourth-order valence-corrected chi connectivity index (χ4v) is 7.63. The average molecular weight is 611 g/mol. The Bertz CT molecular complexity index is 1530. The van der Waals surface area contributed by atoms with Gasteiger partial charge in [-0.2, -0.15) is 9.40 Å². The first-order chi connectivity index (χ1) is 19.9. The molecule has 2 aromatic carbocycles. The van der Waals surface area contributed by atoms with Crippen LogP contribution in [0.4, 0.5) is 0 Å². The van der Waals surface area contributed by atoms with Gasteiger partial charge in [-0.25, -0.2) is 13.1 Å². The summed E-state index contributed by atoms with van der Waals surface area (Å²) in [4.78, 5) is 15.8. The van der Waals surface area contributed by atoms with Crippen molar-refractivity contribution in [3.8, 4) is 16.9 Å². The Hall–Kier alpha value is -2.83. The largest absolute Gasteiger partial charge is 0.379 e. The lowest BCUT2D eigenvalue weighted by Crippen LogP contribution is -2.40. The van der Waals surface area contributed by atoms with E-state index in [1.54, 1.807) is 27.8 Å². The summed E-state index contributed by atoms with van der Waals surface area (Å²) >= 11 is 6.86. The number of morpholine rings is 1. The molecule has 5 rings (SSSR count). The van der Waals surface area contributed by atoms with Crippen LogP contribution in [0.25, 0.3) is 23.0 Å². The molecule has 41 heavy (non-hydrogen) atoms. The number of thiocarbonyl (C=S) groups is 1. The van der Waals surface area contributed by atoms with Gasteiger partial charge in [-0.3, -0.25) is 9.69 Å². The van der Waals surface area contributed by atoms with Gasteiger partial charge in [0.25, 0.3) is 5.91 Å². The highest BCUT2D eigenvalue weighted by Gasteiger charge is 2.32. The molecular weight excluding hydrogens is 577 g/mol. The Labute approximate surface area is 251 Å². The van der Waals surface area contributed by atoms with Gasteiger partial charge in [0.05, 0.1) is 28.7 Å². The second kappa shape index (κ2) is 13.4. The molecule has 0 atom stereocenters. The van der Waals surface area contributed by atoms with E-state index in [0.717, 1.165) is 24.9 Å². The molecule has 0 spiro atoms. The lowest BCUT2D eigenvalue weighted by Gasteiger charge is -2.26. The van der Waals surface area contributed by atoms with E-state index in [-0.39, 0.29) is 10.8 Å². The Balaban J connectivity index is 1.48. The Morgan fingerprint density at radius 3 is 2.54 bits per heavy atom. The van der Waals surface area contributed by atoms with Gasteiger partial charge in [0.2, 0.25) is 10.0 Å². The van der Waals surface area contributed by atoms with Gasteiger partial charge in [-0.1, -0.05) is 86.9 Å². The number of hydrogen-bond acceptors (Lipinski definition) is 7. The van der Waals surface area contributed by atoms with Crippen LogP contribution in [0.5, 0.6) is 0 Å².